The van der Waals surface area contributed by atoms with E-state index in [1.54, 1.807) is 25.1 Å². The molecule has 0 heterocycles. The highest BCUT2D eigenvalue weighted by atomic mass is 16.5. The highest BCUT2D eigenvalue weighted by molar-refractivity contribution is 6.14. The number of benzene rings is 1. The molecule has 0 spiro atoms. The zero-order valence-electron chi connectivity index (χ0n) is 10.6. The maximum Gasteiger partial charge on any atom is 0.371 e. The predicted octanol–water partition coefficient (Wildman–Crippen LogP) is 1.97. The summed E-state index contributed by atoms with van der Waals surface area (Å²) in [5.74, 6) is -2.47. The van der Waals surface area contributed by atoms with E-state index in [1.165, 1.54) is 7.11 Å². The number of rotatable bonds is 2. The van der Waals surface area contributed by atoms with E-state index in [2.05, 4.69) is 0 Å². The third-order valence-electron chi connectivity index (χ3n) is 3.28. The largest absolute Gasteiger partial charge is 0.502 e. The maximum atomic E-state index is 12.3. The molecule has 0 bridgehead atoms. The van der Waals surface area contributed by atoms with E-state index in [9.17, 15) is 14.7 Å². The SMILES string of the molecule is COc1ccc2c(c1)CC(C)C(=C(O)C(=O)O)C2=O. The molecule has 1 aliphatic carbocycles. The first-order valence-electron chi connectivity index (χ1n) is 5.83. The summed E-state index contributed by atoms with van der Waals surface area (Å²) >= 11 is 0. The molecule has 5 nitrogen and oxygen atoms in total. The number of carboxylic acid groups (broad SMARTS) is 1. The summed E-state index contributed by atoms with van der Waals surface area (Å²) in [6.07, 6.45) is 0.491. The molecule has 0 radical (unpaired) electrons. The van der Waals surface area contributed by atoms with Crippen LogP contribution in [0.3, 0.4) is 0 Å². The van der Waals surface area contributed by atoms with Crippen molar-refractivity contribution in [3.63, 3.8) is 0 Å². The first-order valence-corrected chi connectivity index (χ1v) is 5.83. The van der Waals surface area contributed by atoms with Gasteiger partial charge in [0.05, 0.1) is 12.7 Å². The highest BCUT2D eigenvalue weighted by Crippen LogP contribution is 2.33. The van der Waals surface area contributed by atoms with E-state index in [0.717, 1.165) is 5.56 Å². The van der Waals surface area contributed by atoms with Gasteiger partial charge in [0.15, 0.2) is 5.78 Å². The van der Waals surface area contributed by atoms with Crippen molar-refractivity contribution in [2.24, 2.45) is 5.92 Å². The van der Waals surface area contributed by atoms with E-state index in [1.807, 2.05) is 0 Å². The minimum atomic E-state index is -1.48. The van der Waals surface area contributed by atoms with Gasteiger partial charge in [-0.1, -0.05) is 6.92 Å². The number of aliphatic hydroxyl groups excluding tert-OH is 1. The van der Waals surface area contributed by atoms with Gasteiger partial charge in [0.2, 0.25) is 5.76 Å². The molecule has 2 rings (SSSR count). The summed E-state index contributed by atoms with van der Waals surface area (Å²) in [4.78, 5) is 23.1. The number of ketones is 1. The summed E-state index contributed by atoms with van der Waals surface area (Å²) in [6.45, 7) is 1.72. The summed E-state index contributed by atoms with van der Waals surface area (Å²) in [5, 5.41) is 18.4. The lowest BCUT2D eigenvalue weighted by Crippen LogP contribution is -2.25. The number of aliphatic hydroxyl groups is 1. The highest BCUT2D eigenvalue weighted by Gasteiger charge is 2.32. The van der Waals surface area contributed by atoms with E-state index < -0.39 is 17.5 Å². The topological polar surface area (TPSA) is 83.8 Å². The number of aliphatic carboxylic acids is 1. The molecular weight excluding hydrogens is 248 g/mol. The lowest BCUT2D eigenvalue weighted by Gasteiger charge is -2.24. The van der Waals surface area contributed by atoms with Crippen LogP contribution in [-0.2, 0) is 11.2 Å². The van der Waals surface area contributed by atoms with Crippen LogP contribution in [0.15, 0.2) is 29.5 Å². The standard InChI is InChI=1S/C14H14O5/c1-7-5-8-6-9(19-2)3-4-10(8)12(15)11(7)13(16)14(17)18/h3-4,6-7,16H,5H2,1-2H3,(H,17,18). The fraction of sp³-hybridized carbons (Fsp3) is 0.286. The van der Waals surface area contributed by atoms with Gasteiger partial charge in [0.25, 0.3) is 0 Å². The van der Waals surface area contributed by atoms with E-state index in [0.29, 0.717) is 17.7 Å². The molecule has 2 N–H and O–H groups in total. The van der Waals surface area contributed by atoms with Gasteiger partial charge in [-0.15, -0.1) is 0 Å². The molecule has 1 atom stereocenters. The van der Waals surface area contributed by atoms with Gasteiger partial charge in [-0.3, -0.25) is 4.79 Å². The van der Waals surface area contributed by atoms with Gasteiger partial charge < -0.3 is 14.9 Å². The first-order chi connectivity index (χ1) is 8.95. The van der Waals surface area contributed by atoms with Crippen molar-refractivity contribution in [3.05, 3.63) is 40.7 Å². The summed E-state index contributed by atoms with van der Waals surface area (Å²) in [6, 6.07) is 5.00. The summed E-state index contributed by atoms with van der Waals surface area (Å²) < 4.78 is 5.10. The molecule has 0 aromatic heterocycles. The minimum absolute atomic E-state index is 0.0369. The van der Waals surface area contributed by atoms with Crippen molar-refractivity contribution < 1.29 is 24.5 Å². The normalized spacial score (nSPS) is 20.7. The number of carboxylic acids is 1. The Morgan fingerprint density at radius 3 is 2.63 bits per heavy atom. The zero-order valence-corrected chi connectivity index (χ0v) is 10.6. The molecule has 1 aromatic rings. The fourth-order valence-electron chi connectivity index (χ4n) is 2.34. The van der Waals surface area contributed by atoms with Crippen LogP contribution in [0, 0.1) is 5.92 Å². The second kappa shape index (κ2) is 4.76. The number of methoxy groups -OCH3 is 1. The van der Waals surface area contributed by atoms with Crippen LogP contribution >= 0.6 is 0 Å². The third kappa shape index (κ3) is 2.19. The number of allylic oxidation sites excluding steroid dienone is 1. The number of carbonyl (C=O) groups is 2. The number of hydrogen-bond donors (Lipinski definition) is 2. The van der Waals surface area contributed by atoms with Gasteiger partial charge in [0, 0.05) is 5.56 Å². The molecule has 19 heavy (non-hydrogen) atoms. The van der Waals surface area contributed by atoms with E-state index >= 15 is 0 Å². The molecule has 0 saturated carbocycles. The van der Waals surface area contributed by atoms with Gasteiger partial charge in [-0.05, 0) is 36.1 Å². The van der Waals surface area contributed by atoms with Crippen LogP contribution < -0.4 is 4.74 Å². The van der Waals surface area contributed by atoms with Crippen molar-refractivity contribution in [1.82, 2.24) is 0 Å². The molecule has 100 valence electrons. The Morgan fingerprint density at radius 2 is 2.05 bits per heavy atom. The summed E-state index contributed by atoms with van der Waals surface area (Å²) in [7, 11) is 1.54. The Kier molecular flexibility index (Phi) is 3.29. The third-order valence-corrected chi connectivity index (χ3v) is 3.28. The predicted molar refractivity (Wildman–Crippen MR) is 67.5 cm³/mol. The van der Waals surface area contributed by atoms with Gasteiger partial charge in [0.1, 0.15) is 5.75 Å². The first kappa shape index (κ1) is 13.1. The fourth-order valence-corrected chi connectivity index (χ4v) is 2.34. The molecule has 0 aliphatic heterocycles. The number of hydrogen-bond acceptors (Lipinski definition) is 4. The molecule has 1 aromatic carbocycles. The minimum Gasteiger partial charge on any atom is -0.502 e. The molecule has 0 amide bonds. The number of Topliss-reactive ketones (excluding diaryl/α,β-unsaturated/α-hetero) is 1. The van der Waals surface area contributed by atoms with Crippen molar-refractivity contribution in [3.8, 4) is 5.75 Å². The van der Waals surface area contributed by atoms with Gasteiger partial charge >= 0.3 is 5.97 Å². The Balaban J connectivity index is 2.55. The van der Waals surface area contributed by atoms with Crippen molar-refractivity contribution in [2.45, 2.75) is 13.3 Å². The van der Waals surface area contributed by atoms with Crippen LogP contribution in [0.2, 0.25) is 0 Å². The molecule has 0 saturated heterocycles. The van der Waals surface area contributed by atoms with Gasteiger partial charge in [-0.2, -0.15) is 0 Å². The van der Waals surface area contributed by atoms with E-state index in [-0.39, 0.29) is 11.5 Å². The number of carbonyl (C=O) groups excluding carboxylic acids is 1. The van der Waals surface area contributed by atoms with Crippen LogP contribution in [0.1, 0.15) is 22.8 Å². The Hall–Kier alpha value is -2.30. The van der Waals surface area contributed by atoms with Gasteiger partial charge in [-0.25, -0.2) is 4.79 Å². The summed E-state index contributed by atoms with van der Waals surface area (Å²) in [5.41, 5.74) is 1.19. The monoisotopic (exact) mass is 262 g/mol. The average Bonchev–Trinajstić information content (AvgIpc) is 2.37. The van der Waals surface area contributed by atoms with Crippen molar-refractivity contribution in [2.75, 3.05) is 7.11 Å². The smallest absolute Gasteiger partial charge is 0.371 e. The lowest BCUT2D eigenvalue weighted by molar-refractivity contribution is -0.135. The Bertz CT molecular complexity index is 585. The zero-order chi connectivity index (χ0) is 14.2. The molecular formula is C14H14O5. The van der Waals surface area contributed by atoms with Crippen LogP contribution in [0.4, 0.5) is 0 Å². The molecule has 1 unspecified atom stereocenters. The number of fused-ring (bicyclic) bond motifs is 1. The molecule has 5 heteroatoms. The second-order valence-electron chi connectivity index (χ2n) is 4.52. The van der Waals surface area contributed by atoms with E-state index in [4.69, 9.17) is 9.84 Å². The second-order valence-corrected chi connectivity index (χ2v) is 4.52. The Morgan fingerprint density at radius 1 is 1.37 bits per heavy atom. The molecule has 1 aliphatic rings. The van der Waals surface area contributed by atoms with Crippen LogP contribution in [0.5, 0.6) is 5.75 Å². The van der Waals surface area contributed by atoms with Crippen molar-refractivity contribution in [1.29, 1.82) is 0 Å². The lowest BCUT2D eigenvalue weighted by atomic mass is 9.79. The average molecular weight is 262 g/mol. The Labute approximate surface area is 110 Å². The van der Waals surface area contributed by atoms with Crippen LogP contribution in [-0.4, -0.2) is 29.1 Å². The van der Waals surface area contributed by atoms with Crippen LogP contribution in [0.25, 0.3) is 0 Å². The number of ether oxygens (including phenoxy) is 1. The molecule has 0 fully saturated rings. The maximum absolute atomic E-state index is 12.3. The quantitative estimate of drug-likeness (QED) is 0.628. The van der Waals surface area contributed by atoms with Crippen molar-refractivity contribution >= 4 is 11.8 Å².